The van der Waals surface area contributed by atoms with Gasteiger partial charge >= 0.3 is 6.03 Å². The molecule has 1 aliphatic heterocycles. The number of halogens is 2. The molecule has 1 aromatic carbocycles. The number of aromatic nitrogens is 1. The van der Waals surface area contributed by atoms with Crippen molar-refractivity contribution in [3.8, 4) is 0 Å². The number of aryl methyl sites for hydroxylation is 1. The predicted molar refractivity (Wildman–Crippen MR) is 83.5 cm³/mol. The van der Waals surface area contributed by atoms with Crippen LogP contribution < -0.4 is 5.32 Å². The Morgan fingerprint density at radius 1 is 1.17 bits per heavy atom. The van der Waals surface area contributed by atoms with Gasteiger partial charge in [0, 0.05) is 50.5 Å². The lowest BCUT2D eigenvalue weighted by Crippen LogP contribution is -2.49. The molecule has 2 amide bonds. The lowest BCUT2D eigenvalue weighted by Gasteiger charge is -2.34. The van der Waals surface area contributed by atoms with E-state index in [1.54, 1.807) is 4.90 Å². The highest BCUT2D eigenvalue weighted by Gasteiger charge is 2.22. The first kappa shape index (κ1) is 16.4. The lowest BCUT2D eigenvalue weighted by atomic mass is 10.2. The summed E-state index contributed by atoms with van der Waals surface area (Å²) in [6, 6.07) is 4.46. The van der Waals surface area contributed by atoms with E-state index >= 15 is 0 Å². The summed E-state index contributed by atoms with van der Waals surface area (Å²) >= 11 is 0. The summed E-state index contributed by atoms with van der Waals surface area (Å²) in [7, 11) is 0. The van der Waals surface area contributed by atoms with Crippen molar-refractivity contribution in [3.63, 3.8) is 0 Å². The molecule has 3 rings (SSSR count). The van der Waals surface area contributed by atoms with Gasteiger partial charge in [0.25, 0.3) is 0 Å². The Bertz CT molecular complexity index is 706. The standard InChI is InChI=1S/C16H18F2N4O2/c1-11-6-15(20-24-11)10-21-2-4-22(5-3-21)16(23)19-14-8-12(17)7-13(18)9-14/h6-9H,2-5,10H2,1H3,(H,19,23). The molecule has 24 heavy (non-hydrogen) atoms. The van der Waals surface area contributed by atoms with Gasteiger partial charge in [-0.2, -0.15) is 0 Å². The molecule has 0 bridgehead atoms. The molecule has 1 saturated heterocycles. The number of carbonyl (C=O) groups excluding carboxylic acids is 1. The number of anilines is 1. The second-order valence-corrected chi connectivity index (χ2v) is 5.78. The number of rotatable bonds is 3. The highest BCUT2D eigenvalue weighted by molar-refractivity contribution is 5.89. The topological polar surface area (TPSA) is 61.6 Å². The first-order chi connectivity index (χ1) is 11.5. The van der Waals surface area contributed by atoms with Crippen LogP contribution in [0.15, 0.2) is 28.8 Å². The number of nitrogens with one attached hydrogen (secondary N) is 1. The SMILES string of the molecule is Cc1cc(CN2CCN(C(=O)Nc3cc(F)cc(F)c3)CC2)no1. The molecule has 0 radical (unpaired) electrons. The maximum absolute atomic E-state index is 13.2. The van der Waals surface area contributed by atoms with E-state index in [2.05, 4.69) is 15.4 Å². The number of urea groups is 1. The highest BCUT2D eigenvalue weighted by Crippen LogP contribution is 2.15. The normalized spacial score (nSPS) is 15.5. The molecule has 0 atom stereocenters. The molecule has 0 unspecified atom stereocenters. The van der Waals surface area contributed by atoms with Crippen molar-refractivity contribution in [2.45, 2.75) is 13.5 Å². The van der Waals surface area contributed by atoms with Crippen molar-refractivity contribution in [2.24, 2.45) is 0 Å². The second kappa shape index (κ2) is 6.96. The zero-order chi connectivity index (χ0) is 17.1. The van der Waals surface area contributed by atoms with E-state index in [0.29, 0.717) is 32.7 Å². The lowest BCUT2D eigenvalue weighted by molar-refractivity contribution is 0.141. The number of hydrogen-bond acceptors (Lipinski definition) is 4. The van der Waals surface area contributed by atoms with Crippen molar-refractivity contribution in [3.05, 3.63) is 47.4 Å². The third kappa shape index (κ3) is 4.08. The van der Waals surface area contributed by atoms with Gasteiger partial charge in [-0.1, -0.05) is 5.16 Å². The predicted octanol–water partition coefficient (Wildman–Crippen LogP) is 2.61. The Balaban J connectivity index is 1.51. The summed E-state index contributed by atoms with van der Waals surface area (Å²) < 4.78 is 31.3. The molecule has 1 fully saturated rings. The Morgan fingerprint density at radius 3 is 2.42 bits per heavy atom. The third-order valence-electron chi connectivity index (χ3n) is 3.84. The number of hydrogen-bond donors (Lipinski definition) is 1. The molecule has 128 valence electrons. The first-order valence-corrected chi connectivity index (χ1v) is 7.66. The van der Waals surface area contributed by atoms with Crippen LogP contribution in [-0.4, -0.2) is 47.2 Å². The van der Waals surface area contributed by atoms with Crippen molar-refractivity contribution < 1.29 is 18.1 Å². The summed E-state index contributed by atoms with van der Waals surface area (Å²) in [5.41, 5.74) is 0.971. The maximum Gasteiger partial charge on any atom is 0.321 e. The summed E-state index contributed by atoms with van der Waals surface area (Å²) in [5, 5.41) is 6.48. The van der Waals surface area contributed by atoms with Crippen LogP contribution in [0.5, 0.6) is 0 Å². The van der Waals surface area contributed by atoms with Gasteiger partial charge in [0.15, 0.2) is 0 Å². The maximum atomic E-state index is 13.2. The van der Waals surface area contributed by atoms with Crippen LogP contribution in [0.25, 0.3) is 0 Å². The van der Waals surface area contributed by atoms with E-state index in [9.17, 15) is 13.6 Å². The Labute approximate surface area is 138 Å². The smallest absolute Gasteiger partial charge is 0.321 e. The van der Waals surface area contributed by atoms with E-state index < -0.39 is 11.6 Å². The molecule has 0 aliphatic carbocycles. The van der Waals surface area contributed by atoms with E-state index in [0.717, 1.165) is 29.7 Å². The van der Waals surface area contributed by atoms with Gasteiger partial charge < -0.3 is 14.7 Å². The summed E-state index contributed by atoms with van der Waals surface area (Å²) in [4.78, 5) is 16.0. The number of benzene rings is 1. The van der Waals surface area contributed by atoms with Gasteiger partial charge in [-0.25, -0.2) is 13.6 Å². The van der Waals surface area contributed by atoms with Gasteiger partial charge in [0.2, 0.25) is 0 Å². The van der Waals surface area contributed by atoms with Crippen molar-refractivity contribution in [1.29, 1.82) is 0 Å². The fourth-order valence-electron chi connectivity index (χ4n) is 2.66. The average molecular weight is 336 g/mol. The molecule has 0 spiro atoms. The molecule has 1 N–H and O–H groups in total. The van der Waals surface area contributed by atoms with Gasteiger partial charge in [0.05, 0.1) is 5.69 Å². The van der Waals surface area contributed by atoms with Crippen LogP contribution in [0.4, 0.5) is 19.3 Å². The number of carbonyl (C=O) groups is 1. The zero-order valence-corrected chi connectivity index (χ0v) is 13.3. The van der Waals surface area contributed by atoms with Crippen LogP contribution in [-0.2, 0) is 6.54 Å². The van der Waals surface area contributed by atoms with Gasteiger partial charge in [-0.3, -0.25) is 4.90 Å². The minimum atomic E-state index is -0.724. The Kier molecular flexibility index (Phi) is 4.75. The highest BCUT2D eigenvalue weighted by atomic mass is 19.1. The molecular formula is C16H18F2N4O2. The Morgan fingerprint density at radius 2 is 1.83 bits per heavy atom. The van der Waals surface area contributed by atoms with Gasteiger partial charge in [-0.05, 0) is 19.1 Å². The average Bonchev–Trinajstić information content (AvgIpc) is 2.92. The van der Waals surface area contributed by atoms with E-state index in [4.69, 9.17) is 4.52 Å². The molecule has 2 heterocycles. The number of amides is 2. The third-order valence-corrected chi connectivity index (χ3v) is 3.84. The van der Waals surface area contributed by atoms with E-state index in [1.807, 2.05) is 13.0 Å². The quantitative estimate of drug-likeness (QED) is 0.936. The summed E-state index contributed by atoms with van der Waals surface area (Å²) in [6.07, 6.45) is 0. The monoisotopic (exact) mass is 336 g/mol. The molecule has 2 aromatic rings. The molecular weight excluding hydrogens is 318 g/mol. The number of piperazine rings is 1. The number of nitrogens with zero attached hydrogens (tertiary/aromatic N) is 3. The van der Waals surface area contributed by atoms with Crippen LogP contribution >= 0.6 is 0 Å². The molecule has 8 heteroatoms. The Hall–Kier alpha value is -2.48. The van der Waals surface area contributed by atoms with Crippen LogP contribution in [0.1, 0.15) is 11.5 Å². The van der Waals surface area contributed by atoms with Crippen molar-refractivity contribution in [2.75, 3.05) is 31.5 Å². The van der Waals surface area contributed by atoms with Crippen LogP contribution in [0, 0.1) is 18.6 Å². The molecule has 6 nitrogen and oxygen atoms in total. The van der Waals surface area contributed by atoms with Gasteiger partial charge in [-0.15, -0.1) is 0 Å². The van der Waals surface area contributed by atoms with Crippen LogP contribution in [0.2, 0.25) is 0 Å². The van der Waals surface area contributed by atoms with Crippen LogP contribution in [0.3, 0.4) is 0 Å². The zero-order valence-electron chi connectivity index (χ0n) is 13.3. The molecule has 0 saturated carbocycles. The fourth-order valence-corrected chi connectivity index (χ4v) is 2.66. The fraction of sp³-hybridized carbons (Fsp3) is 0.375. The van der Waals surface area contributed by atoms with E-state index in [1.165, 1.54) is 0 Å². The summed E-state index contributed by atoms with van der Waals surface area (Å²) in [6.45, 7) is 4.95. The van der Waals surface area contributed by atoms with Gasteiger partial charge in [0.1, 0.15) is 17.4 Å². The van der Waals surface area contributed by atoms with E-state index in [-0.39, 0.29) is 11.7 Å². The first-order valence-electron chi connectivity index (χ1n) is 7.66. The second-order valence-electron chi connectivity index (χ2n) is 5.78. The largest absolute Gasteiger partial charge is 0.361 e. The molecule has 1 aromatic heterocycles. The minimum absolute atomic E-state index is 0.109. The van der Waals surface area contributed by atoms with Crippen molar-refractivity contribution in [1.82, 2.24) is 15.0 Å². The molecule has 1 aliphatic rings. The van der Waals surface area contributed by atoms with Crippen molar-refractivity contribution >= 4 is 11.7 Å². The summed E-state index contributed by atoms with van der Waals surface area (Å²) in [5.74, 6) is -0.679. The minimum Gasteiger partial charge on any atom is -0.361 e.